The second-order valence-electron chi connectivity index (χ2n) is 5.24. The van der Waals surface area contributed by atoms with Gasteiger partial charge in [-0.05, 0) is 36.5 Å². The molecule has 0 saturated carbocycles. The number of hydrogen-bond acceptors (Lipinski definition) is 3. The number of halogens is 1. The molecule has 1 aliphatic rings. The molecule has 1 heterocycles. The van der Waals surface area contributed by atoms with Gasteiger partial charge in [0.2, 0.25) is 10.0 Å². The smallest absolute Gasteiger partial charge is 0.243 e. The fraction of sp³-hybridized carbons (Fsp3) is 0.571. The van der Waals surface area contributed by atoms with Gasteiger partial charge < -0.3 is 5.73 Å². The van der Waals surface area contributed by atoms with Crippen LogP contribution in [0.25, 0.3) is 0 Å². The topological polar surface area (TPSA) is 63.4 Å². The molecule has 1 unspecified atom stereocenters. The van der Waals surface area contributed by atoms with Crippen LogP contribution in [0.15, 0.2) is 23.1 Å². The molecule has 1 fully saturated rings. The van der Waals surface area contributed by atoms with Gasteiger partial charge in [0.1, 0.15) is 5.82 Å². The first-order valence-corrected chi connectivity index (χ1v) is 8.41. The van der Waals surface area contributed by atoms with Crippen LogP contribution in [0, 0.1) is 11.7 Å². The van der Waals surface area contributed by atoms with Crippen molar-refractivity contribution < 1.29 is 12.8 Å². The number of piperidine rings is 1. The van der Waals surface area contributed by atoms with Gasteiger partial charge in [-0.1, -0.05) is 19.4 Å². The van der Waals surface area contributed by atoms with Gasteiger partial charge in [0.05, 0.1) is 4.90 Å². The molecule has 1 aliphatic heterocycles. The van der Waals surface area contributed by atoms with Crippen molar-refractivity contribution in [2.75, 3.05) is 13.1 Å². The molecule has 0 aromatic heterocycles. The molecule has 1 atom stereocenters. The average Bonchev–Trinajstić information content (AvgIpc) is 2.47. The van der Waals surface area contributed by atoms with Crippen LogP contribution < -0.4 is 5.73 Å². The Hall–Kier alpha value is -0.980. The summed E-state index contributed by atoms with van der Waals surface area (Å²) in [5, 5.41) is 0. The van der Waals surface area contributed by atoms with Gasteiger partial charge in [0, 0.05) is 19.6 Å². The molecule has 0 bridgehead atoms. The minimum absolute atomic E-state index is 0.0109. The van der Waals surface area contributed by atoms with Crippen LogP contribution in [0.5, 0.6) is 0 Å². The zero-order valence-corrected chi connectivity index (χ0v) is 12.5. The Morgan fingerprint density at radius 2 is 2.20 bits per heavy atom. The summed E-state index contributed by atoms with van der Waals surface area (Å²) in [6, 6.07) is 3.77. The number of nitrogens with zero attached hydrogens (tertiary/aromatic N) is 1. The zero-order chi connectivity index (χ0) is 14.8. The molecule has 2 rings (SSSR count). The van der Waals surface area contributed by atoms with Crippen LogP contribution in [0.2, 0.25) is 0 Å². The summed E-state index contributed by atoms with van der Waals surface area (Å²) in [7, 11) is -3.66. The Labute approximate surface area is 119 Å². The van der Waals surface area contributed by atoms with Gasteiger partial charge >= 0.3 is 0 Å². The van der Waals surface area contributed by atoms with Gasteiger partial charge in [-0.2, -0.15) is 4.31 Å². The van der Waals surface area contributed by atoms with E-state index in [9.17, 15) is 12.8 Å². The van der Waals surface area contributed by atoms with Crippen LogP contribution >= 0.6 is 0 Å². The van der Waals surface area contributed by atoms with E-state index < -0.39 is 15.8 Å². The normalized spacial score (nSPS) is 21.1. The van der Waals surface area contributed by atoms with Crippen molar-refractivity contribution in [3.63, 3.8) is 0 Å². The Morgan fingerprint density at radius 1 is 1.45 bits per heavy atom. The highest BCUT2D eigenvalue weighted by Gasteiger charge is 2.31. The summed E-state index contributed by atoms with van der Waals surface area (Å²) < 4.78 is 40.2. The quantitative estimate of drug-likeness (QED) is 0.926. The maximum absolute atomic E-state index is 13.4. The van der Waals surface area contributed by atoms with Gasteiger partial charge in [-0.15, -0.1) is 0 Å². The molecule has 2 N–H and O–H groups in total. The average molecular weight is 300 g/mol. The predicted octanol–water partition coefficient (Wildman–Crippen LogP) is 2.10. The van der Waals surface area contributed by atoms with Crippen molar-refractivity contribution in [3.05, 3.63) is 29.6 Å². The molecular formula is C14H21FN2O2S. The lowest BCUT2D eigenvalue weighted by atomic mass is 9.97. The fourth-order valence-electron chi connectivity index (χ4n) is 2.65. The Balaban J connectivity index is 2.37. The third-order valence-corrected chi connectivity index (χ3v) is 5.87. The summed E-state index contributed by atoms with van der Waals surface area (Å²) in [6.45, 7) is 3.16. The maximum Gasteiger partial charge on any atom is 0.243 e. The van der Waals surface area contributed by atoms with Crippen molar-refractivity contribution >= 4 is 10.0 Å². The van der Waals surface area contributed by atoms with Crippen LogP contribution in [-0.4, -0.2) is 25.8 Å². The van der Waals surface area contributed by atoms with E-state index in [0.29, 0.717) is 24.6 Å². The van der Waals surface area contributed by atoms with Gasteiger partial charge in [-0.25, -0.2) is 12.8 Å². The fourth-order valence-corrected chi connectivity index (χ4v) is 4.45. The second kappa shape index (κ2) is 6.20. The van der Waals surface area contributed by atoms with Crippen molar-refractivity contribution in [1.82, 2.24) is 4.31 Å². The van der Waals surface area contributed by atoms with Crippen LogP contribution in [0.1, 0.15) is 31.7 Å². The van der Waals surface area contributed by atoms with E-state index in [4.69, 9.17) is 5.73 Å². The molecule has 1 aromatic rings. The SMILES string of the molecule is CCC1CCCN(S(=O)(=O)c2cc(F)ccc2CN)C1. The molecule has 4 nitrogen and oxygen atoms in total. The first-order valence-electron chi connectivity index (χ1n) is 6.97. The highest BCUT2D eigenvalue weighted by atomic mass is 32.2. The lowest BCUT2D eigenvalue weighted by Gasteiger charge is -2.31. The molecule has 0 radical (unpaired) electrons. The van der Waals surface area contributed by atoms with E-state index in [1.54, 1.807) is 0 Å². The number of sulfonamides is 1. The maximum atomic E-state index is 13.4. The van der Waals surface area contributed by atoms with Crippen molar-refractivity contribution in [2.24, 2.45) is 11.7 Å². The number of rotatable bonds is 4. The van der Waals surface area contributed by atoms with Crippen LogP contribution in [0.3, 0.4) is 0 Å². The lowest BCUT2D eigenvalue weighted by molar-refractivity contribution is 0.261. The van der Waals surface area contributed by atoms with E-state index in [0.717, 1.165) is 25.3 Å². The van der Waals surface area contributed by atoms with Crippen LogP contribution in [0.4, 0.5) is 4.39 Å². The molecule has 1 saturated heterocycles. The molecule has 6 heteroatoms. The molecular weight excluding hydrogens is 279 g/mol. The van der Waals surface area contributed by atoms with Crippen molar-refractivity contribution in [1.29, 1.82) is 0 Å². The molecule has 112 valence electrons. The summed E-state index contributed by atoms with van der Waals surface area (Å²) in [5.74, 6) is -0.168. The zero-order valence-electron chi connectivity index (χ0n) is 11.7. The van der Waals surface area contributed by atoms with E-state index in [1.165, 1.54) is 16.4 Å². The van der Waals surface area contributed by atoms with E-state index >= 15 is 0 Å². The monoisotopic (exact) mass is 300 g/mol. The number of hydrogen-bond donors (Lipinski definition) is 1. The van der Waals surface area contributed by atoms with E-state index in [1.807, 2.05) is 0 Å². The Morgan fingerprint density at radius 3 is 2.85 bits per heavy atom. The molecule has 0 amide bonds. The predicted molar refractivity (Wildman–Crippen MR) is 76.1 cm³/mol. The molecule has 1 aromatic carbocycles. The highest BCUT2D eigenvalue weighted by molar-refractivity contribution is 7.89. The first kappa shape index (κ1) is 15.4. The second-order valence-corrected chi connectivity index (χ2v) is 7.14. The van der Waals surface area contributed by atoms with Crippen molar-refractivity contribution in [2.45, 2.75) is 37.6 Å². The van der Waals surface area contributed by atoms with Crippen LogP contribution in [-0.2, 0) is 16.6 Å². The minimum Gasteiger partial charge on any atom is -0.326 e. The van der Waals surface area contributed by atoms with E-state index in [-0.39, 0.29) is 11.4 Å². The lowest BCUT2D eigenvalue weighted by Crippen LogP contribution is -2.40. The minimum atomic E-state index is -3.66. The summed E-state index contributed by atoms with van der Waals surface area (Å²) in [6.07, 6.45) is 2.86. The highest BCUT2D eigenvalue weighted by Crippen LogP contribution is 2.27. The Kier molecular flexibility index (Phi) is 4.78. The third kappa shape index (κ3) is 3.02. The van der Waals surface area contributed by atoms with Gasteiger partial charge in [0.15, 0.2) is 0 Å². The first-order chi connectivity index (χ1) is 9.48. The number of nitrogens with two attached hydrogens (primary N) is 1. The largest absolute Gasteiger partial charge is 0.326 e. The molecule has 20 heavy (non-hydrogen) atoms. The molecule has 0 spiro atoms. The summed E-state index contributed by atoms with van der Waals surface area (Å²) in [4.78, 5) is 0.0109. The van der Waals surface area contributed by atoms with Crippen molar-refractivity contribution in [3.8, 4) is 0 Å². The van der Waals surface area contributed by atoms with E-state index in [2.05, 4.69) is 6.92 Å². The molecule has 0 aliphatic carbocycles. The Bertz CT molecular complexity index is 575. The number of benzene rings is 1. The van der Waals surface area contributed by atoms with Gasteiger partial charge in [0.25, 0.3) is 0 Å². The van der Waals surface area contributed by atoms with Gasteiger partial charge in [-0.3, -0.25) is 0 Å². The summed E-state index contributed by atoms with van der Waals surface area (Å²) in [5.41, 5.74) is 6.04. The third-order valence-electron chi connectivity index (χ3n) is 3.93. The standard InChI is InChI=1S/C14H21FN2O2S/c1-2-11-4-3-7-17(10-11)20(18,19)14-8-13(15)6-5-12(14)9-16/h5-6,8,11H,2-4,7,9-10,16H2,1H3. The summed E-state index contributed by atoms with van der Waals surface area (Å²) >= 11 is 0.